The molecular weight excluding hydrogens is 696 g/mol. The predicted octanol–water partition coefficient (Wildman–Crippen LogP) is 0.513. The summed E-state index contributed by atoms with van der Waals surface area (Å²) in [5.41, 5.74) is 1.13. The van der Waals surface area contributed by atoms with Crippen LogP contribution in [0.3, 0.4) is 0 Å². The van der Waals surface area contributed by atoms with Gasteiger partial charge in [-0.3, -0.25) is 28.8 Å². The highest BCUT2D eigenvalue weighted by molar-refractivity contribution is 6.31. The molecule has 0 aliphatic carbocycles. The molecule has 0 radical (unpaired) electrons. The Morgan fingerprint density at radius 3 is 2.31 bits per heavy atom. The Kier molecular flexibility index (Phi) is 12.6. The summed E-state index contributed by atoms with van der Waals surface area (Å²) in [6, 6.07) is 5.76. The average molecular weight is 741 g/mol. The van der Waals surface area contributed by atoms with E-state index in [2.05, 4.69) is 26.6 Å². The second-order valence-electron chi connectivity index (χ2n) is 13.7. The summed E-state index contributed by atoms with van der Waals surface area (Å²) in [5.74, 6) is -2.79. The Hall–Kier alpha value is -4.89. The first-order valence-corrected chi connectivity index (χ1v) is 17.7. The highest BCUT2D eigenvalue weighted by Crippen LogP contribution is 2.35. The summed E-state index contributed by atoms with van der Waals surface area (Å²) < 4.78 is 11.2. The van der Waals surface area contributed by atoms with Gasteiger partial charge in [0.15, 0.2) is 11.5 Å². The van der Waals surface area contributed by atoms with Crippen molar-refractivity contribution in [1.29, 1.82) is 0 Å². The monoisotopic (exact) mass is 740 g/mol. The number of carbonyl (C=O) groups is 6. The predicted molar refractivity (Wildman–Crippen MR) is 188 cm³/mol. The number of rotatable bonds is 7. The first kappa shape index (κ1) is 38.3. The highest BCUT2D eigenvalue weighted by Gasteiger charge is 2.43. The van der Waals surface area contributed by atoms with Crippen LogP contribution in [0.15, 0.2) is 42.5 Å². The quantitative estimate of drug-likeness (QED) is 0.234. The van der Waals surface area contributed by atoms with Gasteiger partial charge in [0.2, 0.25) is 35.4 Å². The molecule has 16 heteroatoms. The average Bonchev–Trinajstić information content (AvgIpc) is 3.53. The summed E-state index contributed by atoms with van der Waals surface area (Å²) in [7, 11) is 0. The molecule has 6 amide bonds. The Morgan fingerprint density at radius 1 is 0.942 bits per heavy atom. The summed E-state index contributed by atoms with van der Waals surface area (Å²) in [4.78, 5) is 82.5. The van der Waals surface area contributed by atoms with Crippen LogP contribution in [0.4, 0.5) is 0 Å². The van der Waals surface area contributed by atoms with Gasteiger partial charge in [0.25, 0.3) is 0 Å². The first-order valence-electron chi connectivity index (χ1n) is 17.4. The van der Waals surface area contributed by atoms with E-state index in [-0.39, 0.29) is 38.1 Å². The minimum atomic E-state index is -1.47. The smallest absolute Gasteiger partial charge is 0.248 e. The maximum Gasteiger partial charge on any atom is 0.248 e. The minimum absolute atomic E-state index is 0.0166. The highest BCUT2D eigenvalue weighted by atomic mass is 35.5. The van der Waals surface area contributed by atoms with Gasteiger partial charge in [0.1, 0.15) is 37.4 Å². The molecule has 6 atom stereocenters. The molecule has 2 aromatic rings. The molecule has 280 valence electrons. The maximum atomic E-state index is 13.9. The van der Waals surface area contributed by atoms with E-state index in [1.54, 1.807) is 42.5 Å². The van der Waals surface area contributed by atoms with Crippen molar-refractivity contribution in [2.75, 3.05) is 26.4 Å². The lowest BCUT2D eigenvalue weighted by molar-refractivity contribution is -0.143. The number of fused-ring (bicyclic) bond motifs is 2. The summed E-state index contributed by atoms with van der Waals surface area (Å²) in [6.07, 6.45) is -0.137. The molecule has 6 N–H and O–H groups in total. The number of aliphatic hydroxyl groups excluding tert-OH is 1. The van der Waals surface area contributed by atoms with Crippen LogP contribution in [0, 0.1) is 5.92 Å². The third-order valence-electron chi connectivity index (χ3n) is 9.13. The first-order chi connectivity index (χ1) is 24.8. The molecule has 0 saturated carbocycles. The van der Waals surface area contributed by atoms with Crippen LogP contribution in [0.1, 0.15) is 57.2 Å². The number of hydrogen-bond donors (Lipinski definition) is 6. The van der Waals surface area contributed by atoms with E-state index in [1.807, 2.05) is 13.8 Å². The number of benzene rings is 2. The fourth-order valence-corrected chi connectivity index (χ4v) is 6.76. The van der Waals surface area contributed by atoms with E-state index < -0.39 is 78.3 Å². The van der Waals surface area contributed by atoms with E-state index in [4.69, 9.17) is 21.1 Å². The molecule has 0 aromatic heterocycles. The van der Waals surface area contributed by atoms with Crippen molar-refractivity contribution in [3.63, 3.8) is 0 Å². The zero-order valence-electron chi connectivity index (χ0n) is 29.3. The molecule has 2 fully saturated rings. The maximum absolute atomic E-state index is 13.9. The molecule has 0 spiro atoms. The number of hydrogen-bond acceptors (Lipinski definition) is 9. The molecule has 5 rings (SSSR count). The van der Waals surface area contributed by atoms with E-state index in [1.165, 1.54) is 11.8 Å². The van der Waals surface area contributed by atoms with Gasteiger partial charge < -0.3 is 46.1 Å². The second kappa shape index (κ2) is 17.1. The zero-order chi connectivity index (χ0) is 37.5. The number of amides is 6. The van der Waals surface area contributed by atoms with E-state index in [9.17, 15) is 33.9 Å². The van der Waals surface area contributed by atoms with Crippen molar-refractivity contribution < 1.29 is 43.3 Å². The van der Waals surface area contributed by atoms with Crippen molar-refractivity contribution in [1.82, 2.24) is 31.5 Å². The largest absolute Gasteiger partial charge is 0.486 e. The number of aliphatic hydroxyl groups is 1. The van der Waals surface area contributed by atoms with E-state index >= 15 is 0 Å². The molecule has 0 bridgehead atoms. The van der Waals surface area contributed by atoms with Gasteiger partial charge in [-0.15, -0.1) is 0 Å². The van der Waals surface area contributed by atoms with Crippen LogP contribution >= 0.6 is 11.6 Å². The van der Waals surface area contributed by atoms with Crippen LogP contribution in [-0.2, 0) is 35.2 Å². The van der Waals surface area contributed by atoms with Crippen LogP contribution < -0.4 is 36.1 Å². The lowest BCUT2D eigenvalue weighted by Crippen LogP contribution is -2.59. The van der Waals surface area contributed by atoms with Gasteiger partial charge in [-0.2, -0.15) is 0 Å². The van der Waals surface area contributed by atoms with Crippen molar-refractivity contribution >= 4 is 47.0 Å². The second-order valence-corrected chi connectivity index (χ2v) is 14.1. The summed E-state index contributed by atoms with van der Waals surface area (Å²) >= 11 is 6.42. The lowest BCUT2D eigenvalue weighted by Gasteiger charge is -2.30. The number of halogens is 1. The van der Waals surface area contributed by atoms with Gasteiger partial charge in [-0.05, 0) is 42.9 Å². The number of nitrogens with one attached hydrogen (secondary N) is 5. The molecular formula is C36H45ClN6O9. The fraction of sp³-hybridized carbons (Fsp3) is 0.500. The fourth-order valence-electron chi connectivity index (χ4n) is 6.53. The van der Waals surface area contributed by atoms with Crippen molar-refractivity contribution in [2.45, 2.75) is 82.7 Å². The summed E-state index contributed by atoms with van der Waals surface area (Å²) in [5, 5.41) is 24.2. The standard InChI is InChI=1S/C36H45ClN6O9/c1-19(2)11-26-34(48)42-27(18-44)36(50)43-17-23(39-31(45)13-22-12-29-30(15-24(22)37)52-10-9-51-29)14-28(43)35(49)38-20(3)33(47)41-25(16-32(46)40-26)21-7-5-4-6-8-21/h4-8,12,15,19-20,23,25-28,44H,9-11,13-14,16-18H2,1-3H3,(H,38,49)(H,39,45)(H,40,46)(H,41,47)(H,42,48)/t20-,23-,25-,26-,27-,28-/m0/s1. The number of ether oxygens (including phenoxy) is 2. The summed E-state index contributed by atoms with van der Waals surface area (Å²) in [6.45, 7) is 5.01. The molecule has 3 aliphatic rings. The molecule has 0 unspecified atom stereocenters. The topological polar surface area (TPSA) is 204 Å². The number of carbonyl (C=O) groups excluding carboxylic acids is 6. The van der Waals surface area contributed by atoms with Crippen LogP contribution in [-0.4, -0.2) is 102 Å². The number of nitrogens with zero attached hydrogens (tertiary/aromatic N) is 1. The van der Waals surface area contributed by atoms with Gasteiger partial charge >= 0.3 is 0 Å². The normalized spacial score (nSPS) is 25.8. The molecule has 2 aromatic carbocycles. The lowest BCUT2D eigenvalue weighted by atomic mass is 10.00. The minimum Gasteiger partial charge on any atom is -0.486 e. The Morgan fingerprint density at radius 2 is 1.63 bits per heavy atom. The zero-order valence-corrected chi connectivity index (χ0v) is 30.0. The molecule has 15 nitrogen and oxygen atoms in total. The third-order valence-corrected chi connectivity index (χ3v) is 9.48. The molecule has 3 heterocycles. The molecule has 3 aliphatic heterocycles. The van der Waals surface area contributed by atoms with Gasteiger partial charge in [-0.1, -0.05) is 55.8 Å². The van der Waals surface area contributed by atoms with Crippen molar-refractivity contribution in [3.8, 4) is 11.5 Å². The Bertz CT molecular complexity index is 1670. The van der Waals surface area contributed by atoms with Gasteiger partial charge in [0.05, 0.1) is 25.5 Å². The Balaban J connectivity index is 1.39. The van der Waals surface area contributed by atoms with Crippen molar-refractivity contribution in [2.24, 2.45) is 5.92 Å². The molecule has 2 saturated heterocycles. The van der Waals surface area contributed by atoms with Gasteiger partial charge in [-0.25, -0.2) is 0 Å². The van der Waals surface area contributed by atoms with Crippen LogP contribution in [0.2, 0.25) is 5.02 Å². The van der Waals surface area contributed by atoms with E-state index in [0.29, 0.717) is 40.9 Å². The molecule has 52 heavy (non-hydrogen) atoms. The SMILES string of the molecule is CC(C)C[C@@H]1NC(=O)C[C@@H](c2ccccc2)NC(=O)[C@H](C)NC(=O)[C@@H]2C[C@H](NC(=O)Cc3cc4c(cc3Cl)OCCO4)CN2C(=O)[C@H](CO)NC1=O. The Labute approximate surface area is 306 Å². The van der Waals surface area contributed by atoms with Crippen LogP contribution in [0.5, 0.6) is 11.5 Å². The third kappa shape index (κ3) is 9.50. The van der Waals surface area contributed by atoms with E-state index in [0.717, 1.165) is 0 Å². The van der Waals surface area contributed by atoms with Crippen LogP contribution in [0.25, 0.3) is 0 Å². The van der Waals surface area contributed by atoms with Gasteiger partial charge in [0, 0.05) is 23.7 Å². The van der Waals surface area contributed by atoms with Crippen molar-refractivity contribution in [3.05, 3.63) is 58.6 Å².